The van der Waals surface area contributed by atoms with Crippen LogP contribution in [0, 0.1) is 0 Å². The third-order valence-electron chi connectivity index (χ3n) is 2.04. The van der Waals surface area contributed by atoms with Crippen LogP contribution in [0.1, 0.15) is 13.3 Å². The van der Waals surface area contributed by atoms with E-state index in [1.54, 1.807) is 13.0 Å². The molecular formula is C12H15ClF3N3O. The molecule has 1 N–H and O–H groups in total. The summed E-state index contributed by atoms with van der Waals surface area (Å²) in [6.45, 7) is 4.93. The smallest absolute Gasteiger partial charge is 0.372 e. The monoisotopic (exact) mass is 309 g/mol. The maximum absolute atomic E-state index is 12.2. The van der Waals surface area contributed by atoms with E-state index in [1.807, 2.05) is 0 Å². The number of hydrogen-bond donors (Lipinski definition) is 1. The van der Waals surface area contributed by atoms with Gasteiger partial charge in [0.1, 0.15) is 11.5 Å². The van der Waals surface area contributed by atoms with Crippen LogP contribution in [-0.4, -0.2) is 31.2 Å². The maximum Gasteiger partial charge on any atom is 0.392 e. The van der Waals surface area contributed by atoms with Gasteiger partial charge in [-0.15, -0.1) is 0 Å². The largest absolute Gasteiger partial charge is 0.392 e. The number of carbonyl (C=O) groups excluding carboxylic acids is 1. The molecule has 0 spiro atoms. The summed E-state index contributed by atoms with van der Waals surface area (Å²) >= 11 is 5.95. The van der Waals surface area contributed by atoms with E-state index < -0.39 is 12.6 Å². The number of hydrazone groups is 1. The molecule has 0 atom stereocenters. The highest BCUT2D eigenvalue weighted by atomic mass is 35.5. The second-order valence-electron chi connectivity index (χ2n) is 3.47. The highest BCUT2D eigenvalue weighted by molar-refractivity contribution is 6.31. The Morgan fingerprint density at radius 3 is 2.45 bits per heavy atom. The average Bonchev–Trinajstić information content (AvgIpc) is 2.37. The van der Waals surface area contributed by atoms with Gasteiger partial charge in [-0.1, -0.05) is 17.7 Å². The summed E-state index contributed by atoms with van der Waals surface area (Å²) in [5.41, 5.74) is -0.315. The maximum atomic E-state index is 12.2. The van der Waals surface area contributed by atoms with Crippen LogP contribution in [0.3, 0.4) is 0 Å². The molecule has 0 aromatic carbocycles. The van der Waals surface area contributed by atoms with Crippen molar-refractivity contribution in [1.82, 2.24) is 10.3 Å². The van der Waals surface area contributed by atoms with E-state index >= 15 is 0 Å². The summed E-state index contributed by atoms with van der Waals surface area (Å²) in [5, 5.41) is 7.24. The van der Waals surface area contributed by atoms with Gasteiger partial charge in [-0.25, -0.2) is 5.01 Å². The van der Waals surface area contributed by atoms with Crippen molar-refractivity contribution >= 4 is 24.6 Å². The molecule has 0 heterocycles. The Balaban J connectivity index is 5.56. The number of carbonyl (C=O) groups is 1. The Labute approximate surface area is 120 Å². The van der Waals surface area contributed by atoms with Gasteiger partial charge in [-0.3, -0.25) is 4.79 Å². The van der Waals surface area contributed by atoms with Gasteiger partial charge in [0.25, 0.3) is 0 Å². The lowest BCUT2D eigenvalue weighted by atomic mass is 10.3. The van der Waals surface area contributed by atoms with E-state index in [-0.39, 0.29) is 22.8 Å². The van der Waals surface area contributed by atoms with Crippen LogP contribution in [0.5, 0.6) is 0 Å². The minimum absolute atomic E-state index is 0.139. The molecule has 0 aromatic heterocycles. The number of aldehydes is 1. The second kappa shape index (κ2) is 8.42. The number of rotatable bonds is 7. The van der Waals surface area contributed by atoms with Crippen molar-refractivity contribution in [3.05, 3.63) is 34.8 Å². The van der Waals surface area contributed by atoms with E-state index in [4.69, 9.17) is 11.6 Å². The molecule has 0 aliphatic carbocycles. The van der Waals surface area contributed by atoms with Gasteiger partial charge in [0.2, 0.25) is 0 Å². The highest BCUT2D eigenvalue weighted by Gasteiger charge is 2.26. The summed E-state index contributed by atoms with van der Waals surface area (Å²) in [5.74, 6) is 0.139. The van der Waals surface area contributed by atoms with Gasteiger partial charge in [-0.2, -0.15) is 18.3 Å². The van der Waals surface area contributed by atoms with Crippen LogP contribution >= 0.6 is 11.6 Å². The quantitative estimate of drug-likeness (QED) is 0.258. The Bertz CT molecular complexity index is 442. The molecule has 0 bridgehead atoms. The summed E-state index contributed by atoms with van der Waals surface area (Å²) in [4.78, 5) is 10.9. The van der Waals surface area contributed by atoms with Gasteiger partial charge in [-0.05, 0) is 19.1 Å². The molecule has 0 amide bonds. The van der Waals surface area contributed by atoms with Gasteiger partial charge in [0, 0.05) is 13.8 Å². The molecule has 0 radical (unpaired) electrons. The fourth-order valence-electron chi connectivity index (χ4n) is 1.24. The van der Waals surface area contributed by atoms with Crippen LogP contribution < -0.4 is 5.32 Å². The predicted octanol–water partition coefficient (Wildman–Crippen LogP) is 3.14. The molecule has 0 saturated carbocycles. The number of nitrogens with zero attached hydrogens (tertiary/aromatic N) is 2. The van der Waals surface area contributed by atoms with Gasteiger partial charge in [0.05, 0.1) is 11.5 Å². The first-order chi connectivity index (χ1) is 9.30. The van der Waals surface area contributed by atoms with Gasteiger partial charge in [0.15, 0.2) is 6.29 Å². The zero-order valence-corrected chi connectivity index (χ0v) is 11.8. The Kier molecular flexibility index (Phi) is 7.68. The fraction of sp³-hybridized carbons (Fsp3) is 0.333. The fourth-order valence-corrected chi connectivity index (χ4v) is 1.54. The molecule has 4 nitrogen and oxygen atoms in total. The molecule has 0 saturated heterocycles. The van der Waals surface area contributed by atoms with E-state index in [0.29, 0.717) is 6.08 Å². The number of hydrogen-bond acceptors (Lipinski definition) is 4. The minimum Gasteiger partial charge on any atom is -0.372 e. The Morgan fingerprint density at radius 1 is 1.50 bits per heavy atom. The molecule has 0 rings (SSSR count). The summed E-state index contributed by atoms with van der Waals surface area (Å²) in [7, 11) is 1.49. The lowest BCUT2D eigenvalue weighted by molar-refractivity contribution is -0.125. The molecular weight excluding hydrogens is 295 g/mol. The minimum atomic E-state index is -4.42. The molecule has 0 aliphatic rings. The van der Waals surface area contributed by atoms with Crippen LogP contribution in [0.15, 0.2) is 39.9 Å². The SMILES string of the molecule is C=NN(/C(C=O)=C\CC(F)(F)F)/C(NC)=C(Cl)/C=C\C. The molecule has 0 aromatic rings. The average molecular weight is 310 g/mol. The van der Waals surface area contributed by atoms with Crippen molar-refractivity contribution in [2.45, 2.75) is 19.5 Å². The van der Waals surface area contributed by atoms with Crippen molar-refractivity contribution in [3.63, 3.8) is 0 Å². The van der Waals surface area contributed by atoms with Crippen LogP contribution in [0.25, 0.3) is 0 Å². The third kappa shape index (κ3) is 5.92. The van der Waals surface area contributed by atoms with Crippen LogP contribution in [0.4, 0.5) is 13.2 Å². The highest BCUT2D eigenvalue weighted by Crippen LogP contribution is 2.23. The van der Waals surface area contributed by atoms with Crippen molar-refractivity contribution in [2.24, 2.45) is 5.10 Å². The van der Waals surface area contributed by atoms with Gasteiger partial charge < -0.3 is 5.32 Å². The van der Waals surface area contributed by atoms with Crippen molar-refractivity contribution in [3.8, 4) is 0 Å². The zero-order chi connectivity index (χ0) is 15.8. The second-order valence-corrected chi connectivity index (χ2v) is 3.87. The first-order valence-electron chi connectivity index (χ1n) is 5.49. The molecule has 0 unspecified atom stereocenters. The topological polar surface area (TPSA) is 44.7 Å². The molecule has 8 heteroatoms. The first-order valence-corrected chi connectivity index (χ1v) is 5.87. The van der Waals surface area contributed by atoms with Gasteiger partial charge >= 0.3 is 6.18 Å². The molecule has 112 valence electrons. The number of nitrogens with one attached hydrogen (secondary N) is 1. The predicted molar refractivity (Wildman–Crippen MR) is 73.0 cm³/mol. The zero-order valence-electron chi connectivity index (χ0n) is 11.0. The van der Waals surface area contributed by atoms with E-state index in [9.17, 15) is 18.0 Å². The molecule has 0 aliphatic heterocycles. The van der Waals surface area contributed by atoms with Crippen molar-refractivity contribution in [1.29, 1.82) is 0 Å². The van der Waals surface area contributed by atoms with E-state index in [2.05, 4.69) is 17.1 Å². The lowest BCUT2D eigenvalue weighted by Crippen LogP contribution is -2.26. The lowest BCUT2D eigenvalue weighted by Gasteiger charge is -2.22. The summed E-state index contributed by atoms with van der Waals surface area (Å²) in [6, 6.07) is 0. The van der Waals surface area contributed by atoms with Crippen LogP contribution in [-0.2, 0) is 4.79 Å². The van der Waals surface area contributed by atoms with Crippen LogP contribution in [0.2, 0.25) is 0 Å². The number of alkyl halides is 3. The van der Waals surface area contributed by atoms with Crippen molar-refractivity contribution < 1.29 is 18.0 Å². The Hall–Kier alpha value is -1.76. The van der Waals surface area contributed by atoms with Crippen molar-refractivity contribution in [2.75, 3.05) is 7.05 Å². The Morgan fingerprint density at radius 2 is 2.10 bits per heavy atom. The van der Waals surface area contributed by atoms with E-state index in [1.165, 1.54) is 13.1 Å². The number of halogens is 4. The molecule has 20 heavy (non-hydrogen) atoms. The van der Waals surface area contributed by atoms with E-state index in [0.717, 1.165) is 5.01 Å². The molecule has 0 fully saturated rings. The third-order valence-corrected chi connectivity index (χ3v) is 2.34. The summed E-state index contributed by atoms with van der Waals surface area (Å²) in [6.07, 6.45) is -1.60. The summed E-state index contributed by atoms with van der Waals surface area (Å²) < 4.78 is 36.6. The number of allylic oxidation sites excluding steroid dienone is 5. The standard InChI is InChI=1S/C12H15ClF3N3O/c1-4-5-10(13)11(17-2)19(18-3)9(8-20)6-7-12(14,15)16/h4-6,8,17H,3,7H2,1-2H3/b5-4-,9-6-,11-10-. The normalized spacial score (nSPS) is 14.0. The first kappa shape index (κ1) is 18.2.